The number of anilines is 2. The van der Waals surface area contributed by atoms with E-state index in [9.17, 15) is 14.4 Å². The highest BCUT2D eigenvalue weighted by molar-refractivity contribution is 5.97. The highest BCUT2D eigenvalue weighted by Crippen LogP contribution is 2.16. The molecule has 25 heavy (non-hydrogen) atoms. The van der Waals surface area contributed by atoms with Crippen molar-refractivity contribution in [1.29, 1.82) is 0 Å². The van der Waals surface area contributed by atoms with Crippen LogP contribution in [0.25, 0.3) is 11.0 Å². The molecule has 0 aliphatic heterocycles. The molecule has 1 unspecified atom stereocenters. The van der Waals surface area contributed by atoms with Gasteiger partial charge in [-0.05, 0) is 49.4 Å². The lowest BCUT2D eigenvalue weighted by molar-refractivity contribution is -0.116. The summed E-state index contributed by atoms with van der Waals surface area (Å²) in [6.45, 7) is 1.72. The number of aromatic nitrogens is 2. The van der Waals surface area contributed by atoms with Gasteiger partial charge in [0.05, 0.1) is 11.0 Å². The van der Waals surface area contributed by atoms with Crippen molar-refractivity contribution in [2.45, 2.75) is 13.0 Å². The number of carbonyl (C=O) groups is 2. The fraction of sp³-hybridized carbons (Fsp3) is 0.118. The van der Waals surface area contributed by atoms with Gasteiger partial charge < -0.3 is 26.3 Å². The molecule has 2 aromatic carbocycles. The van der Waals surface area contributed by atoms with Gasteiger partial charge in [0, 0.05) is 16.9 Å². The van der Waals surface area contributed by atoms with E-state index in [0.29, 0.717) is 28.0 Å². The van der Waals surface area contributed by atoms with Gasteiger partial charge in [0.1, 0.15) is 6.04 Å². The number of fused-ring (bicyclic) bond motifs is 1. The van der Waals surface area contributed by atoms with E-state index in [1.807, 2.05) is 0 Å². The monoisotopic (exact) mass is 339 g/mol. The Morgan fingerprint density at radius 2 is 1.64 bits per heavy atom. The van der Waals surface area contributed by atoms with Crippen LogP contribution in [0.4, 0.5) is 11.4 Å². The molecule has 3 rings (SSSR count). The fourth-order valence-electron chi connectivity index (χ4n) is 2.41. The number of imidazole rings is 1. The Bertz CT molecular complexity index is 987. The number of primary amides is 1. The number of nitrogens with two attached hydrogens (primary N) is 1. The van der Waals surface area contributed by atoms with E-state index in [2.05, 4.69) is 20.6 Å². The van der Waals surface area contributed by atoms with Crippen LogP contribution in [-0.4, -0.2) is 27.8 Å². The van der Waals surface area contributed by atoms with Gasteiger partial charge in [-0.2, -0.15) is 0 Å². The minimum absolute atomic E-state index is 0.241. The second kappa shape index (κ2) is 6.52. The van der Waals surface area contributed by atoms with Crippen LogP contribution >= 0.6 is 0 Å². The van der Waals surface area contributed by atoms with Crippen molar-refractivity contribution in [3.8, 4) is 0 Å². The van der Waals surface area contributed by atoms with Gasteiger partial charge >= 0.3 is 5.69 Å². The number of hydrogen-bond acceptors (Lipinski definition) is 4. The van der Waals surface area contributed by atoms with Crippen LogP contribution in [0.2, 0.25) is 0 Å². The molecule has 0 bridgehead atoms. The van der Waals surface area contributed by atoms with Crippen molar-refractivity contribution in [2.75, 3.05) is 10.6 Å². The number of benzene rings is 2. The van der Waals surface area contributed by atoms with E-state index < -0.39 is 11.9 Å². The van der Waals surface area contributed by atoms with Crippen LogP contribution in [0.15, 0.2) is 47.3 Å². The number of hydrogen-bond donors (Lipinski definition) is 5. The molecule has 0 aliphatic rings. The minimum Gasteiger partial charge on any atom is -0.374 e. The summed E-state index contributed by atoms with van der Waals surface area (Å²) in [5, 5.41) is 5.82. The second-order valence-corrected chi connectivity index (χ2v) is 5.64. The summed E-state index contributed by atoms with van der Waals surface area (Å²) in [5.74, 6) is -0.763. The van der Waals surface area contributed by atoms with Crippen molar-refractivity contribution < 1.29 is 9.59 Å². The smallest absolute Gasteiger partial charge is 0.323 e. The molecule has 0 radical (unpaired) electrons. The SMILES string of the molecule is CC(Nc1ccc2[nH]c(=O)[nH]c2c1)C(=O)Nc1ccc(C(N)=O)cc1. The molecule has 6 N–H and O–H groups in total. The molecule has 1 atom stereocenters. The first kappa shape index (κ1) is 16.3. The predicted molar refractivity (Wildman–Crippen MR) is 95.6 cm³/mol. The van der Waals surface area contributed by atoms with Crippen LogP contribution in [-0.2, 0) is 4.79 Å². The lowest BCUT2D eigenvalue weighted by Crippen LogP contribution is -2.31. The number of amides is 2. The first-order valence-corrected chi connectivity index (χ1v) is 7.62. The normalized spacial score (nSPS) is 11.9. The van der Waals surface area contributed by atoms with E-state index in [4.69, 9.17) is 5.73 Å². The molecule has 128 valence electrons. The molecule has 8 nitrogen and oxygen atoms in total. The Kier molecular flexibility index (Phi) is 4.25. The molecule has 0 fully saturated rings. The van der Waals surface area contributed by atoms with Crippen LogP contribution in [0.5, 0.6) is 0 Å². The highest BCUT2D eigenvalue weighted by Gasteiger charge is 2.13. The quantitative estimate of drug-likeness (QED) is 0.480. The third-order valence-electron chi connectivity index (χ3n) is 3.73. The Balaban J connectivity index is 1.66. The van der Waals surface area contributed by atoms with E-state index in [-0.39, 0.29) is 11.6 Å². The molecule has 0 spiro atoms. The van der Waals surface area contributed by atoms with E-state index in [1.165, 1.54) is 0 Å². The van der Waals surface area contributed by atoms with Crippen LogP contribution < -0.4 is 22.1 Å². The molecule has 8 heteroatoms. The lowest BCUT2D eigenvalue weighted by atomic mass is 10.2. The molecule has 2 amide bonds. The summed E-state index contributed by atoms with van der Waals surface area (Å²) in [6, 6.07) is 11.1. The maximum atomic E-state index is 12.3. The number of aromatic amines is 2. The zero-order valence-corrected chi connectivity index (χ0v) is 13.4. The zero-order chi connectivity index (χ0) is 18.0. The summed E-state index contributed by atoms with van der Waals surface area (Å²) in [5.41, 5.74) is 7.89. The van der Waals surface area contributed by atoms with Gasteiger partial charge in [-0.1, -0.05) is 0 Å². The first-order valence-electron chi connectivity index (χ1n) is 7.62. The third-order valence-corrected chi connectivity index (χ3v) is 3.73. The van der Waals surface area contributed by atoms with Gasteiger partial charge in [0.25, 0.3) is 0 Å². The standard InChI is InChI=1S/C17H17N5O3/c1-9(16(24)20-11-4-2-10(3-5-11)15(18)23)19-12-6-7-13-14(8-12)22-17(25)21-13/h2-9,19H,1H3,(H2,18,23)(H,20,24)(H2,21,22,25). The summed E-state index contributed by atoms with van der Waals surface area (Å²) >= 11 is 0. The van der Waals surface area contributed by atoms with Gasteiger partial charge in [0.15, 0.2) is 0 Å². The highest BCUT2D eigenvalue weighted by atomic mass is 16.2. The van der Waals surface area contributed by atoms with Crippen LogP contribution in [0, 0.1) is 0 Å². The van der Waals surface area contributed by atoms with Crippen molar-refractivity contribution in [3.63, 3.8) is 0 Å². The molecule has 0 saturated heterocycles. The Morgan fingerprint density at radius 1 is 1.00 bits per heavy atom. The number of carbonyl (C=O) groups excluding carboxylic acids is 2. The predicted octanol–water partition coefficient (Wildman–Crippen LogP) is 1.39. The summed E-state index contributed by atoms with van der Waals surface area (Å²) in [7, 11) is 0. The lowest BCUT2D eigenvalue weighted by Gasteiger charge is -2.15. The van der Waals surface area contributed by atoms with Gasteiger partial charge in [0.2, 0.25) is 11.8 Å². The van der Waals surface area contributed by atoms with Crippen LogP contribution in [0.3, 0.4) is 0 Å². The maximum Gasteiger partial charge on any atom is 0.323 e. The van der Waals surface area contributed by atoms with Gasteiger partial charge in [-0.15, -0.1) is 0 Å². The Hall–Kier alpha value is -3.55. The molecule has 0 saturated carbocycles. The summed E-state index contributed by atoms with van der Waals surface area (Å²) < 4.78 is 0. The average molecular weight is 339 g/mol. The molecule has 3 aromatic rings. The van der Waals surface area contributed by atoms with Crippen molar-refractivity contribution in [3.05, 3.63) is 58.5 Å². The molecular weight excluding hydrogens is 322 g/mol. The third kappa shape index (κ3) is 3.69. The van der Waals surface area contributed by atoms with Gasteiger partial charge in [-0.3, -0.25) is 9.59 Å². The summed E-state index contributed by atoms with van der Waals surface area (Å²) in [6.07, 6.45) is 0. The summed E-state index contributed by atoms with van der Waals surface area (Å²) in [4.78, 5) is 39.9. The fourth-order valence-corrected chi connectivity index (χ4v) is 2.41. The van der Waals surface area contributed by atoms with Crippen molar-refractivity contribution in [2.24, 2.45) is 5.73 Å². The first-order chi connectivity index (χ1) is 11.9. The topological polar surface area (TPSA) is 133 Å². The van der Waals surface area contributed by atoms with E-state index in [1.54, 1.807) is 49.4 Å². The molecule has 1 aromatic heterocycles. The van der Waals surface area contributed by atoms with Crippen molar-refractivity contribution >= 4 is 34.2 Å². The minimum atomic E-state index is -0.522. The zero-order valence-electron chi connectivity index (χ0n) is 13.4. The van der Waals surface area contributed by atoms with Gasteiger partial charge in [-0.25, -0.2) is 4.79 Å². The number of nitrogens with one attached hydrogen (secondary N) is 4. The average Bonchev–Trinajstić information content (AvgIpc) is 2.94. The second-order valence-electron chi connectivity index (χ2n) is 5.64. The number of H-pyrrole nitrogens is 2. The maximum absolute atomic E-state index is 12.3. The molecule has 1 heterocycles. The Morgan fingerprint density at radius 3 is 2.32 bits per heavy atom. The van der Waals surface area contributed by atoms with E-state index in [0.717, 1.165) is 0 Å². The van der Waals surface area contributed by atoms with Crippen LogP contribution in [0.1, 0.15) is 17.3 Å². The Labute approximate surface area is 142 Å². The molecular formula is C17H17N5O3. The van der Waals surface area contributed by atoms with E-state index >= 15 is 0 Å². The number of rotatable bonds is 5. The largest absolute Gasteiger partial charge is 0.374 e. The molecule has 0 aliphatic carbocycles. The van der Waals surface area contributed by atoms with Crippen molar-refractivity contribution in [1.82, 2.24) is 9.97 Å².